The molecule has 0 spiro atoms. The third kappa shape index (κ3) is 13.8. The minimum Gasteiger partial charge on any atom is -0.0622 e. The van der Waals surface area contributed by atoms with Gasteiger partial charge in [-0.05, 0) is 367 Å². The van der Waals surface area contributed by atoms with Gasteiger partial charge in [0.1, 0.15) is 0 Å². The summed E-state index contributed by atoms with van der Waals surface area (Å²) in [5, 5.41) is 38.5. The second-order valence-corrected chi connectivity index (χ2v) is 41.8. The maximum atomic E-state index is 2.52. The summed E-state index contributed by atoms with van der Waals surface area (Å²) in [6.45, 7) is 9.56. The molecule has 690 valence electrons. The number of rotatable bonds is 9. The van der Waals surface area contributed by atoms with Crippen LogP contribution in [0.15, 0.2) is 522 Å². The molecule has 31 rings (SSSR count). The molecule has 148 heavy (non-hydrogen) atoms. The molecule has 0 heteroatoms. The van der Waals surface area contributed by atoms with Crippen molar-refractivity contribution in [1.82, 2.24) is 0 Å². The number of hydrogen-bond donors (Lipinski definition) is 0. The van der Waals surface area contributed by atoms with E-state index in [0.717, 1.165) is 0 Å². The lowest BCUT2D eigenvalue weighted by Gasteiger charge is -2.24. The van der Waals surface area contributed by atoms with Gasteiger partial charge in [-0.25, -0.2) is 0 Å². The molecule has 0 bridgehead atoms. The van der Waals surface area contributed by atoms with E-state index in [9.17, 15) is 0 Å². The van der Waals surface area contributed by atoms with Gasteiger partial charge in [0, 0.05) is 10.8 Å². The van der Waals surface area contributed by atoms with Crippen molar-refractivity contribution in [1.29, 1.82) is 0 Å². The van der Waals surface area contributed by atoms with Gasteiger partial charge >= 0.3 is 0 Å². The van der Waals surface area contributed by atoms with Gasteiger partial charge in [-0.1, -0.05) is 489 Å². The van der Waals surface area contributed by atoms with Crippen LogP contribution in [0, 0.1) is 0 Å². The minimum absolute atomic E-state index is 0.101. The highest BCUT2D eigenvalue weighted by molar-refractivity contribution is 6.35. The van der Waals surface area contributed by atoms with Crippen molar-refractivity contribution in [3.05, 3.63) is 544 Å². The largest absolute Gasteiger partial charge is 0.0622 e. The van der Waals surface area contributed by atoms with Crippen LogP contribution >= 0.6 is 0 Å². The monoisotopic (exact) mass is 1870 g/mol. The molecule has 2 aliphatic rings. The zero-order chi connectivity index (χ0) is 98.1. The fourth-order valence-electron chi connectivity index (χ4n) is 25.9. The molecule has 0 aromatic heterocycles. The molecule has 0 fully saturated rings. The Bertz CT molecular complexity index is 10600. The van der Waals surface area contributed by atoms with Crippen molar-refractivity contribution >= 4 is 162 Å². The summed E-state index contributed by atoms with van der Waals surface area (Å²) in [5.74, 6) is 0. The Kier molecular flexibility index (Phi) is 19.9. The van der Waals surface area contributed by atoms with E-state index < -0.39 is 0 Å². The molecule has 0 amide bonds. The maximum Gasteiger partial charge on any atom is 0.0159 e. The first-order valence-corrected chi connectivity index (χ1v) is 52.0. The van der Waals surface area contributed by atoms with Crippen molar-refractivity contribution in [3.8, 4) is 122 Å². The predicted octanol–water partition coefficient (Wildman–Crippen LogP) is 41.4. The fourth-order valence-corrected chi connectivity index (χ4v) is 25.9. The van der Waals surface area contributed by atoms with Crippen LogP contribution in [0.5, 0.6) is 0 Å². The molecule has 0 saturated heterocycles. The lowest BCUT2D eigenvalue weighted by Crippen LogP contribution is -2.15. The smallest absolute Gasteiger partial charge is 0.0159 e. The quantitative estimate of drug-likeness (QED) is 0.0998. The van der Waals surface area contributed by atoms with Crippen molar-refractivity contribution in [2.45, 2.75) is 38.5 Å². The summed E-state index contributed by atoms with van der Waals surface area (Å²) >= 11 is 0. The van der Waals surface area contributed by atoms with E-state index in [4.69, 9.17) is 0 Å². The average molecular weight is 1880 g/mol. The van der Waals surface area contributed by atoms with Gasteiger partial charge in [0.05, 0.1) is 0 Å². The molecular formula is C148H98. The van der Waals surface area contributed by atoms with E-state index in [1.54, 1.807) is 0 Å². The fraction of sp³-hybridized carbons (Fsp3) is 0.0405. The van der Waals surface area contributed by atoms with Crippen LogP contribution in [0.1, 0.15) is 49.9 Å². The summed E-state index contributed by atoms with van der Waals surface area (Å²) in [6, 6.07) is 194. The van der Waals surface area contributed by atoms with E-state index in [0.29, 0.717) is 0 Å². The lowest BCUT2D eigenvalue weighted by molar-refractivity contribution is 0.660. The summed E-state index contributed by atoms with van der Waals surface area (Å²) in [7, 11) is 0. The highest BCUT2D eigenvalue weighted by atomic mass is 14.4. The van der Waals surface area contributed by atoms with Gasteiger partial charge in [-0.2, -0.15) is 0 Å². The van der Waals surface area contributed by atoms with E-state index in [1.165, 1.54) is 306 Å². The van der Waals surface area contributed by atoms with Gasteiger partial charge in [0.15, 0.2) is 0 Å². The zero-order valence-corrected chi connectivity index (χ0v) is 82.7. The van der Waals surface area contributed by atoms with Gasteiger partial charge in [0.2, 0.25) is 0 Å². The second kappa shape index (κ2) is 34.1. The molecule has 2 aliphatic carbocycles. The van der Waals surface area contributed by atoms with Crippen LogP contribution in [-0.4, -0.2) is 0 Å². The topological polar surface area (TPSA) is 0 Å². The standard InChI is InChI=1S/C64H44.C44H28.C40H26/c1-63(2)55-24-9-7-16-42(55)44-29-27-39(35-57(44)63)60-47-18-5-6-19-48(47)61(40-28-30-45-43-17-8-10-25-56(43)64(3,4)58(45)36-40)54-34-38(26-31-53(54)60)41-32-33-52-50-21-12-15-37-14-11-20-49(59(37)50)51-23-13-22-46(41)62(51)52;1-4-12-32-25-35(20-17-29(32)9-1)36-23-24-41-42(28-36)44(38-22-19-31-11-3-6-14-34(31)27-38)40-16-8-7-15-39(40)43(41)37-21-18-30-10-2-5-13-33(30)26-37;1-2-10-27(11-3-1)32-22-23-37-38(26-32)40(34-21-19-29-13-5-7-15-31(29)25-34)36-17-9-8-16-35(36)39(37)33-20-18-28-12-4-6-14-30(28)24-33/h5-36H,1-4H3;1-28H;1-26H. The normalized spacial score (nSPS) is 12.8. The average Bonchev–Trinajstić information content (AvgIpc) is 1.22. The van der Waals surface area contributed by atoms with Crippen LogP contribution in [0.2, 0.25) is 0 Å². The lowest BCUT2D eigenvalue weighted by atomic mass is 9.79. The first-order valence-electron chi connectivity index (χ1n) is 52.0. The third-order valence-corrected chi connectivity index (χ3v) is 33.0. The Balaban J connectivity index is 0.000000109. The molecule has 0 heterocycles. The first kappa shape index (κ1) is 86.2. The minimum atomic E-state index is -0.111. The molecule has 29 aromatic rings. The molecule has 0 radical (unpaired) electrons. The molecule has 0 aliphatic heterocycles. The molecule has 29 aromatic carbocycles. The summed E-state index contributed by atoms with van der Waals surface area (Å²) < 4.78 is 0. The van der Waals surface area contributed by atoms with Crippen LogP contribution in [-0.2, 0) is 10.8 Å². The van der Waals surface area contributed by atoms with E-state index >= 15 is 0 Å². The van der Waals surface area contributed by atoms with Crippen LogP contribution in [0.4, 0.5) is 0 Å². The van der Waals surface area contributed by atoms with Gasteiger partial charge < -0.3 is 0 Å². The summed E-state index contributed by atoms with van der Waals surface area (Å²) in [4.78, 5) is 0. The Labute approximate surface area is 860 Å². The van der Waals surface area contributed by atoms with Crippen LogP contribution in [0.25, 0.3) is 284 Å². The zero-order valence-electron chi connectivity index (χ0n) is 82.7. The highest BCUT2D eigenvalue weighted by Gasteiger charge is 2.38. The molecule has 0 N–H and O–H groups in total. The molecule has 0 saturated carbocycles. The van der Waals surface area contributed by atoms with Gasteiger partial charge in [0.25, 0.3) is 0 Å². The molecule has 0 unspecified atom stereocenters. The Hall–Kier alpha value is -18.5. The summed E-state index contributed by atoms with van der Waals surface area (Å²) in [5.41, 5.74) is 33.4. The van der Waals surface area contributed by atoms with Crippen molar-refractivity contribution in [3.63, 3.8) is 0 Å². The predicted molar refractivity (Wildman–Crippen MR) is 637 cm³/mol. The third-order valence-electron chi connectivity index (χ3n) is 33.0. The number of fused-ring (bicyclic) bond motifs is 19. The molecule has 0 nitrogen and oxygen atoms in total. The Morgan fingerprint density at radius 2 is 0.338 bits per heavy atom. The van der Waals surface area contributed by atoms with E-state index in [2.05, 4.69) is 549 Å². The van der Waals surface area contributed by atoms with Crippen molar-refractivity contribution < 1.29 is 0 Å². The maximum absolute atomic E-state index is 2.52. The first-order chi connectivity index (χ1) is 72.9. The number of benzene rings is 29. The second-order valence-electron chi connectivity index (χ2n) is 41.8. The van der Waals surface area contributed by atoms with Crippen molar-refractivity contribution in [2.75, 3.05) is 0 Å². The number of hydrogen-bond acceptors (Lipinski definition) is 0. The SMILES string of the molecule is CC1(C)c2ccccc2-c2ccc(-c3c4ccccc4c(-c4ccc5c(c4)C(C)(C)c4ccccc4-5)c4cc(-c5ccc6c7cccc8cccc(c9cccc5c96)c87)ccc34)cc21.c1ccc(-c2ccc3c(-c4ccc5ccccc5c4)c4ccccc4c(-c4ccc5ccccc5c4)c3c2)cc1.c1ccc2cc(-c3ccc4c(-c5ccc6ccccc6c5)c5ccccc5c(-c5ccc6ccccc6c5)c4c3)ccc2c1. The summed E-state index contributed by atoms with van der Waals surface area (Å²) in [6.07, 6.45) is 0. The van der Waals surface area contributed by atoms with E-state index in [-0.39, 0.29) is 10.8 Å². The van der Waals surface area contributed by atoms with Crippen LogP contribution < -0.4 is 0 Å². The van der Waals surface area contributed by atoms with Gasteiger partial charge in [-0.3, -0.25) is 0 Å². The van der Waals surface area contributed by atoms with E-state index in [1.807, 2.05) is 0 Å². The molecular weight excluding hydrogens is 1780 g/mol. The van der Waals surface area contributed by atoms with Crippen LogP contribution in [0.3, 0.4) is 0 Å². The van der Waals surface area contributed by atoms with Crippen molar-refractivity contribution in [2.24, 2.45) is 0 Å². The highest BCUT2D eigenvalue weighted by Crippen LogP contribution is 2.57. The molecule has 0 atom stereocenters. The Morgan fingerprint density at radius 1 is 0.108 bits per heavy atom. The van der Waals surface area contributed by atoms with Gasteiger partial charge in [-0.15, -0.1) is 0 Å². The Morgan fingerprint density at radius 3 is 0.736 bits per heavy atom.